The van der Waals surface area contributed by atoms with E-state index in [1.807, 2.05) is 25.1 Å². The summed E-state index contributed by atoms with van der Waals surface area (Å²) in [7, 11) is 0. The van der Waals surface area contributed by atoms with Crippen LogP contribution in [-0.4, -0.2) is 11.9 Å². The van der Waals surface area contributed by atoms with Crippen LogP contribution in [0, 0.1) is 13.8 Å². The molecule has 0 saturated carbocycles. The topological polar surface area (TPSA) is 81.5 Å². The average molecular weight is 297 g/mol. The molecule has 106 valence electrons. The first-order valence-corrected chi connectivity index (χ1v) is 7.35. The van der Waals surface area contributed by atoms with Crippen LogP contribution in [0.15, 0.2) is 35.3 Å². The van der Waals surface area contributed by atoms with E-state index in [-0.39, 0.29) is 5.96 Å². The summed E-state index contributed by atoms with van der Waals surface area (Å²) in [5.41, 5.74) is 13.4. The fraction of sp³-hybridized carbons (Fsp3) is 0.125. The fourth-order valence-corrected chi connectivity index (χ4v) is 3.74. The third kappa shape index (κ3) is 2.25. The molecule has 2 aromatic carbocycles. The smallest absolute Gasteiger partial charge is 0.280 e. The van der Waals surface area contributed by atoms with Gasteiger partial charge in [0.25, 0.3) is 5.91 Å². The number of rotatable bonds is 1. The van der Waals surface area contributed by atoms with E-state index in [4.69, 9.17) is 11.5 Å². The van der Waals surface area contributed by atoms with Crippen LogP contribution in [0.3, 0.4) is 0 Å². The van der Waals surface area contributed by atoms with Crippen LogP contribution in [0.2, 0.25) is 0 Å². The van der Waals surface area contributed by atoms with Gasteiger partial charge in [0.1, 0.15) is 0 Å². The van der Waals surface area contributed by atoms with Crippen LogP contribution in [0.1, 0.15) is 21.5 Å². The van der Waals surface area contributed by atoms with Gasteiger partial charge < -0.3 is 11.5 Å². The lowest BCUT2D eigenvalue weighted by Gasteiger charge is -2.01. The predicted octanol–water partition coefficient (Wildman–Crippen LogP) is 3.08. The highest BCUT2D eigenvalue weighted by Gasteiger charge is 2.13. The van der Waals surface area contributed by atoms with Crippen molar-refractivity contribution in [3.63, 3.8) is 0 Å². The number of hydrogen-bond donors (Lipinski definition) is 2. The second kappa shape index (κ2) is 4.86. The molecular formula is C16H15N3OS. The van der Waals surface area contributed by atoms with Crippen molar-refractivity contribution in [2.24, 2.45) is 16.5 Å². The number of amides is 1. The summed E-state index contributed by atoms with van der Waals surface area (Å²) < 4.78 is 2.45. The van der Waals surface area contributed by atoms with E-state index in [1.165, 1.54) is 15.0 Å². The number of aryl methyl sites for hydroxylation is 2. The molecule has 0 aliphatic carbocycles. The van der Waals surface area contributed by atoms with E-state index in [9.17, 15) is 4.79 Å². The van der Waals surface area contributed by atoms with Crippen molar-refractivity contribution in [2.75, 3.05) is 0 Å². The summed E-state index contributed by atoms with van der Waals surface area (Å²) in [6.45, 7) is 4.10. The Labute approximate surface area is 126 Å². The van der Waals surface area contributed by atoms with Gasteiger partial charge in [-0.25, -0.2) is 0 Å². The van der Waals surface area contributed by atoms with Crippen LogP contribution in [-0.2, 0) is 0 Å². The molecule has 0 fully saturated rings. The van der Waals surface area contributed by atoms with Gasteiger partial charge in [-0.3, -0.25) is 4.79 Å². The number of carbonyl (C=O) groups excluding carboxylic acids is 1. The molecule has 4 N–H and O–H groups in total. The minimum Gasteiger partial charge on any atom is -0.370 e. The highest BCUT2D eigenvalue weighted by Crippen LogP contribution is 2.38. The molecule has 0 atom stereocenters. The van der Waals surface area contributed by atoms with E-state index in [2.05, 4.69) is 24.0 Å². The van der Waals surface area contributed by atoms with Crippen molar-refractivity contribution in [3.05, 3.63) is 47.0 Å². The lowest BCUT2D eigenvalue weighted by atomic mass is 10.0. The molecule has 3 rings (SSSR count). The maximum absolute atomic E-state index is 12.0. The number of fused-ring (bicyclic) bond motifs is 3. The van der Waals surface area contributed by atoms with Gasteiger partial charge >= 0.3 is 0 Å². The largest absolute Gasteiger partial charge is 0.370 e. The van der Waals surface area contributed by atoms with Crippen LogP contribution in [0.25, 0.3) is 20.2 Å². The van der Waals surface area contributed by atoms with Crippen LogP contribution < -0.4 is 11.5 Å². The Hall–Kier alpha value is -2.40. The predicted molar refractivity (Wildman–Crippen MR) is 88.9 cm³/mol. The zero-order chi connectivity index (χ0) is 15.1. The molecule has 3 aromatic rings. The molecule has 1 amide bonds. The maximum atomic E-state index is 12.0. The summed E-state index contributed by atoms with van der Waals surface area (Å²) in [4.78, 5) is 15.6. The molecule has 0 aliphatic rings. The Morgan fingerprint density at radius 1 is 1.05 bits per heavy atom. The number of nitrogens with two attached hydrogens (primary N) is 2. The Morgan fingerprint density at radius 3 is 2.48 bits per heavy atom. The summed E-state index contributed by atoms with van der Waals surface area (Å²) in [6, 6.07) is 9.91. The van der Waals surface area contributed by atoms with Crippen molar-refractivity contribution in [2.45, 2.75) is 13.8 Å². The molecule has 21 heavy (non-hydrogen) atoms. The molecule has 4 nitrogen and oxygen atoms in total. The third-order valence-electron chi connectivity index (χ3n) is 3.46. The molecule has 1 heterocycles. The lowest BCUT2D eigenvalue weighted by molar-refractivity contribution is 0.100. The van der Waals surface area contributed by atoms with Crippen LogP contribution in [0.5, 0.6) is 0 Å². The summed E-state index contributed by atoms with van der Waals surface area (Å²) >= 11 is 1.75. The first kappa shape index (κ1) is 13.6. The van der Waals surface area contributed by atoms with Crippen LogP contribution >= 0.6 is 11.3 Å². The molecule has 0 unspecified atom stereocenters. The van der Waals surface area contributed by atoms with Gasteiger partial charge in [-0.2, -0.15) is 4.99 Å². The zero-order valence-electron chi connectivity index (χ0n) is 11.8. The lowest BCUT2D eigenvalue weighted by Crippen LogP contribution is -2.24. The highest BCUT2D eigenvalue weighted by molar-refractivity contribution is 7.26. The minimum absolute atomic E-state index is 0.219. The normalized spacial score (nSPS) is 11.0. The van der Waals surface area contributed by atoms with Gasteiger partial charge in [0.15, 0.2) is 5.96 Å². The fourth-order valence-electron chi connectivity index (χ4n) is 2.52. The van der Waals surface area contributed by atoms with Gasteiger partial charge in [0, 0.05) is 25.7 Å². The van der Waals surface area contributed by atoms with Crippen molar-refractivity contribution in [1.29, 1.82) is 0 Å². The molecule has 0 bridgehead atoms. The maximum Gasteiger partial charge on any atom is 0.280 e. The van der Waals surface area contributed by atoms with Gasteiger partial charge in [0.05, 0.1) is 0 Å². The molecule has 0 spiro atoms. The number of hydrogen-bond acceptors (Lipinski definition) is 2. The van der Waals surface area contributed by atoms with Crippen LogP contribution in [0.4, 0.5) is 0 Å². The Morgan fingerprint density at radius 2 is 1.76 bits per heavy atom. The molecule has 0 aliphatic heterocycles. The average Bonchev–Trinajstić information content (AvgIpc) is 2.79. The summed E-state index contributed by atoms with van der Waals surface area (Å²) in [5.74, 6) is -0.629. The number of carbonyl (C=O) groups is 1. The Kier molecular flexibility index (Phi) is 3.14. The molecule has 0 saturated heterocycles. The number of guanidine groups is 1. The summed E-state index contributed by atoms with van der Waals surface area (Å²) in [6.07, 6.45) is 0. The van der Waals surface area contributed by atoms with E-state index in [0.717, 1.165) is 16.3 Å². The molecule has 0 radical (unpaired) electrons. The van der Waals surface area contributed by atoms with Crippen molar-refractivity contribution in [3.8, 4) is 0 Å². The minimum atomic E-state index is -0.410. The number of benzene rings is 2. The first-order valence-electron chi connectivity index (χ1n) is 6.54. The quantitative estimate of drug-likeness (QED) is 0.535. The number of nitrogens with zero attached hydrogens (tertiary/aromatic N) is 1. The van der Waals surface area contributed by atoms with Gasteiger partial charge in [-0.05, 0) is 37.1 Å². The van der Waals surface area contributed by atoms with E-state index in [1.54, 1.807) is 11.3 Å². The zero-order valence-corrected chi connectivity index (χ0v) is 12.6. The van der Waals surface area contributed by atoms with Gasteiger partial charge in [-0.15, -0.1) is 11.3 Å². The van der Waals surface area contributed by atoms with E-state index in [0.29, 0.717) is 5.56 Å². The highest BCUT2D eigenvalue weighted by atomic mass is 32.1. The molecule has 1 aromatic heterocycles. The molecular weight excluding hydrogens is 282 g/mol. The van der Waals surface area contributed by atoms with Crippen molar-refractivity contribution >= 4 is 43.4 Å². The van der Waals surface area contributed by atoms with Crippen molar-refractivity contribution < 1.29 is 4.79 Å². The van der Waals surface area contributed by atoms with Gasteiger partial charge in [-0.1, -0.05) is 18.2 Å². The van der Waals surface area contributed by atoms with Gasteiger partial charge in [0.2, 0.25) is 0 Å². The second-order valence-corrected chi connectivity index (χ2v) is 6.09. The number of thiophene rings is 1. The molecule has 5 heteroatoms. The monoisotopic (exact) mass is 297 g/mol. The third-order valence-corrected chi connectivity index (χ3v) is 4.95. The Bertz CT molecular complexity index is 905. The van der Waals surface area contributed by atoms with E-state index >= 15 is 0 Å². The first-order chi connectivity index (χ1) is 9.97. The number of aliphatic imine (C=N–C) groups is 1. The second-order valence-electron chi connectivity index (χ2n) is 5.07. The van der Waals surface area contributed by atoms with E-state index < -0.39 is 5.91 Å². The van der Waals surface area contributed by atoms with Crippen molar-refractivity contribution in [1.82, 2.24) is 0 Å². The SMILES string of the molecule is Cc1cccc2c1sc1c(C)cc(C(=O)N=C(N)N)cc12. The Balaban J connectivity index is 2.33. The standard InChI is InChI=1S/C16H15N3OS/c1-8-4-3-5-11-12-7-10(15(20)19-16(17)18)6-9(2)14(12)21-13(8)11/h3-7H,1-2H3,(H4,17,18,19,20). The summed E-state index contributed by atoms with van der Waals surface area (Å²) in [5, 5.41) is 2.24.